The van der Waals surface area contributed by atoms with E-state index in [1.807, 2.05) is 13.0 Å². The first kappa shape index (κ1) is 13.6. The third kappa shape index (κ3) is 4.17. The highest BCUT2D eigenvalue weighted by molar-refractivity contribution is 7.20. The Kier molecular flexibility index (Phi) is 5.34. The van der Waals surface area contributed by atoms with Crippen molar-refractivity contribution in [1.29, 1.82) is 0 Å². The van der Waals surface area contributed by atoms with Crippen molar-refractivity contribution in [2.75, 3.05) is 13.1 Å². The quantitative estimate of drug-likeness (QED) is 0.726. The lowest BCUT2D eigenvalue weighted by atomic mass is 10.2. The number of urea groups is 1. The fraction of sp³-hybridized carbons (Fsp3) is 0.444. The summed E-state index contributed by atoms with van der Waals surface area (Å²) in [6, 6.07) is 1.41. The molecule has 1 atom stereocenters. The van der Waals surface area contributed by atoms with Crippen LogP contribution in [0.4, 0.5) is 4.79 Å². The van der Waals surface area contributed by atoms with Gasteiger partial charge in [-0.2, -0.15) is 0 Å². The monoisotopic (exact) mass is 281 g/mol. The summed E-state index contributed by atoms with van der Waals surface area (Å²) in [6.45, 7) is 3.08. The molecule has 0 aliphatic carbocycles. The number of primary amides is 1. The van der Waals surface area contributed by atoms with Crippen LogP contribution in [0.25, 0.3) is 0 Å². The summed E-state index contributed by atoms with van der Waals surface area (Å²) in [4.78, 5) is 10.4. The van der Waals surface area contributed by atoms with Crippen LogP contribution in [-0.2, 0) is 0 Å². The second kappa shape index (κ2) is 6.30. The fourth-order valence-corrected chi connectivity index (χ4v) is 2.88. The van der Waals surface area contributed by atoms with Crippen LogP contribution in [0.3, 0.4) is 0 Å². The number of amides is 2. The van der Waals surface area contributed by atoms with Crippen molar-refractivity contribution >= 4 is 40.6 Å². The zero-order valence-electron chi connectivity index (χ0n) is 8.72. The van der Waals surface area contributed by atoms with E-state index >= 15 is 0 Å². The van der Waals surface area contributed by atoms with Crippen molar-refractivity contribution in [2.45, 2.75) is 13.0 Å². The van der Waals surface area contributed by atoms with Gasteiger partial charge in [0.1, 0.15) is 0 Å². The zero-order valence-corrected chi connectivity index (χ0v) is 11.0. The molecule has 1 unspecified atom stereocenters. The van der Waals surface area contributed by atoms with Gasteiger partial charge in [-0.15, -0.1) is 11.3 Å². The van der Waals surface area contributed by atoms with E-state index in [0.29, 0.717) is 21.8 Å². The van der Waals surface area contributed by atoms with E-state index < -0.39 is 6.03 Å². The van der Waals surface area contributed by atoms with E-state index in [1.54, 1.807) is 0 Å². The predicted octanol–water partition coefficient (Wildman–Crippen LogP) is 2.37. The van der Waals surface area contributed by atoms with Gasteiger partial charge in [-0.05, 0) is 18.6 Å². The molecule has 0 aliphatic heterocycles. The van der Waals surface area contributed by atoms with Crippen molar-refractivity contribution in [1.82, 2.24) is 10.6 Å². The van der Waals surface area contributed by atoms with Gasteiger partial charge in [-0.25, -0.2) is 4.79 Å². The van der Waals surface area contributed by atoms with Crippen molar-refractivity contribution in [3.8, 4) is 0 Å². The Labute approximate surface area is 108 Å². The van der Waals surface area contributed by atoms with Crippen LogP contribution in [0, 0.1) is 0 Å². The maximum Gasteiger partial charge on any atom is 0.312 e. The molecule has 0 spiro atoms. The normalized spacial score (nSPS) is 12.4. The molecule has 0 aliphatic rings. The van der Waals surface area contributed by atoms with Gasteiger partial charge in [-0.1, -0.05) is 23.2 Å². The molecule has 16 heavy (non-hydrogen) atoms. The summed E-state index contributed by atoms with van der Waals surface area (Å²) in [7, 11) is 0. The Morgan fingerprint density at radius 1 is 1.56 bits per heavy atom. The minimum atomic E-state index is -0.522. The van der Waals surface area contributed by atoms with Gasteiger partial charge < -0.3 is 16.4 Å². The van der Waals surface area contributed by atoms with E-state index in [-0.39, 0.29) is 6.04 Å². The van der Waals surface area contributed by atoms with Crippen molar-refractivity contribution in [2.24, 2.45) is 5.73 Å². The summed E-state index contributed by atoms with van der Waals surface area (Å²) in [5.74, 6) is 0. The lowest BCUT2D eigenvalue weighted by Crippen LogP contribution is -2.35. The fourth-order valence-electron chi connectivity index (χ4n) is 1.23. The Bertz CT molecular complexity index is 370. The summed E-state index contributed by atoms with van der Waals surface area (Å²) < 4.78 is 1.36. The minimum absolute atomic E-state index is 0.0888. The van der Waals surface area contributed by atoms with E-state index in [1.165, 1.54) is 11.3 Å². The maximum absolute atomic E-state index is 10.4. The summed E-state index contributed by atoms with van der Waals surface area (Å²) in [5, 5.41) is 5.69. The molecule has 1 aromatic heterocycles. The van der Waals surface area contributed by atoms with E-state index in [4.69, 9.17) is 28.9 Å². The van der Waals surface area contributed by atoms with Gasteiger partial charge in [0.15, 0.2) is 0 Å². The molecule has 0 saturated carbocycles. The predicted molar refractivity (Wildman–Crippen MR) is 68.3 cm³/mol. The van der Waals surface area contributed by atoms with Crippen LogP contribution in [-0.4, -0.2) is 19.1 Å². The molecular weight excluding hydrogens is 269 g/mol. The second-order valence-corrected chi connectivity index (χ2v) is 5.53. The lowest BCUT2D eigenvalue weighted by Gasteiger charge is -2.12. The molecule has 90 valence electrons. The molecule has 7 heteroatoms. The Morgan fingerprint density at radius 2 is 2.25 bits per heavy atom. The second-order valence-electron chi connectivity index (χ2n) is 3.25. The molecule has 1 aromatic rings. The first-order valence-electron chi connectivity index (χ1n) is 4.72. The highest BCUT2D eigenvalue weighted by Gasteiger charge is 2.12. The number of nitrogens with one attached hydrogen (secondary N) is 2. The third-order valence-electron chi connectivity index (χ3n) is 2.02. The van der Waals surface area contributed by atoms with E-state index in [9.17, 15) is 4.79 Å². The molecule has 4 nitrogen and oxygen atoms in total. The number of rotatable bonds is 5. The summed E-state index contributed by atoms with van der Waals surface area (Å²) in [5.41, 5.74) is 5.90. The average Bonchev–Trinajstić information content (AvgIpc) is 2.52. The number of thiophene rings is 1. The van der Waals surface area contributed by atoms with Crippen molar-refractivity contribution in [3.05, 3.63) is 20.3 Å². The molecule has 1 heterocycles. The van der Waals surface area contributed by atoms with Crippen LogP contribution >= 0.6 is 34.5 Å². The maximum atomic E-state index is 10.4. The highest BCUT2D eigenvalue weighted by atomic mass is 35.5. The minimum Gasteiger partial charge on any atom is -0.352 e. The van der Waals surface area contributed by atoms with Gasteiger partial charge >= 0.3 is 6.03 Å². The molecule has 0 aromatic carbocycles. The Hall–Kier alpha value is -0.490. The van der Waals surface area contributed by atoms with Crippen LogP contribution < -0.4 is 16.4 Å². The average molecular weight is 282 g/mol. The van der Waals surface area contributed by atoms with Gasteiger partial charge in [0.05, 0.1) is 8.67 Å². The summed E-state index contributed by atoms with van der Waals surface area (Å²) >= 11 is 13.2. The third-order valence-corrected chi connectivity index (χ3v) is 3.54. The van der Waals surface area contributed by atoms with Crippen molar-refractivity contribution in [3.63, 3.8) is 0 Å². The molecule has 0 saturated heterocycles. The standard InChI is InChI=1S/C9H13Cl2N3OS/c1-5(13-2-3-14-9(12)15)6-4-7(10)16-8(6)11/h4-5,13H,2-3H2,1H3,(H3,12,14,15). The van der Waals surface area contributed by atoms with Crippen LogP contribution in [0.1, 0.15) is 18.5 Å². The molecule has 1 rings (SSSR count). The van der Waals surface area contributed by atoms with E-state index in [0.717, 1.165) is 5.56 Å². The molecule has 2 amide bonds. The highest BCUT2D eigenvalue weighted by Crippen LogP contribution is 2.34. The smallest absolute Gasteiger partial charge is 0.312 e. The molecule has 0 bridgehead atoms. The SMILES string of the molecule is CC(NCCNC(N)=O)c1cc(Cl)sc1Cl. The Morgan fingerprint density at radius 3 is 2.75 bits per heavy atom. The number of hydrogen-bond donors (Lipinski definition) is 3. The molecule has 0 fully saturated rings. The van der Waals surface area contributed by atoms with E-state index in [2.05, 4.69) is 10.6 Å². The van der Waals surface area contributed by atoms with Gasteiger partial charge in [0.25, 0.3) is 0 Å². The van der Waals surface area contributed by atoms with Crippen LogP contribution in [0.5, 0.6) is 0 Å². The number of carbonyl (C=O) groups is 1. The van der Waals surface area contributed by atoms with Crippen LogP contribution in [0.2, 0.25) is 8.67 Å². The van der Waals surface area contributed by atoms with Gasteiger partial charge in [0, 0.05) is 19.1 Å². The van der Waals surface area contributed by atoms with Gasteiger partial charge in [-0.3, -0.25) is 0 Å². The topological polar surface area (TPSA) is 67.2 Å². The molecular formula is C9H13Cl2N3OS. The molecule has 4 N–H and O–H groups in total. The molecule has 0 radical (unpaired) electrons. The lowest BCUT2D eigenvalue weighted by molar-refractivity contribution is 0.249. The Balaban J connectivity index is 2.38. The van der Waals surface area contributed by atoms with Crippen LogP contribution in [0.15, 0.2) is 6.07 Å². The summed E-state index contributed by atoms with van der Waals surface area (Å²) in [6.07, 6.45) is 0. The van der Waals surface area contributed by atoms with Crippen molar-refractivity contribution < 1.29 is 4.79 Å². The first-order chi connectivity index (χ1) is 7.50. The number of halogens is 2. The number of carbonyl (C=O) groups excluding carboxylic acids is 1. The number of hydrogen-bond acceptors (Lipinski definition) is 3. The van der Waals surface area contributed by atoms with Gasteiger partial charge in [0.2, 0.25) is 0 Å². The largest absolute Gasteiger partial charge is 0.352 e. The number of nitrogens with two attached hydrogens (primary N) is 1. The zero-order chi connectivity index (χ0) is 12.1. The first-order valence-corrected chi connectivity index (χ1v) is 6.29.